The van der Waals surface area contributed by atoms with Gasteiger partial charge in [-0.2, -0.15) is 0 Å². The number of hydrogen-bond donors (Lipinski definition) is 0. The van der Waals surface area contributed by atoms with E-state index < -0.39 is 0 Å². The van der Waals surface area contributed by atoms with Crippen LogP contribution in [0.1, 0.15) is 0 Å². The highest BCUT2D eigenvalue weighted by molar-refractivity contribution is 5.86. The molecule has 7 aromatic rings. The van der Waals surface area contributed by atoms with Crippen LogP contribution in [0.3, 0.4) is 0 Å². The number of benzene rings is 6. The summed E-state index contributed by atoms with van der Waals surface area (Å²) in [6, 6.07) is 55.6. The first-order valence-corrected chi connectivity index (χ1v) is 13.2. The maximum Gasteiger partial charge on any atom is 0.145 e. The number of para-hydroxylation sites is 3. The minimum absolute atomic E-state index is 0.937. The number of fused-ring (bicyclic) bond motifs is 1. The molecule has 184 valence electrons. The largest absolute Gasteiger partial charge is 0.292 e. The predicted molar refractivity (Wildman–Crippen MR) is 163 cm³/mol. The Kier molecular flexibility index (Phi) is 5.84. The number of hydrogen-bond acceptors (Lipinski definition) is 1. The zero-order valence-electron chi connectivity index (χ0n) is 21.4. The standard InChI is InChI=1S/C37H26N2/c1-4-13-27(14-5-1)31-24-32(28-15-6-2-7-16-28)26-33(25-31)29-17-12-18-30(23-29)37-38-35-21-10-11-22-36(35)39(37)34-19-8-3-9-20-34/h1-26H. The maximum atomic E-state index is 5.09. The van der Waals surface area contributed by atoms with Crippen molar-refractivity contribution in [2.45, 2.75) is 0 Å². The molecule has 0 amide bonds. The molecule has 0 aliphatic rings. The molecule has 39 heavy (non-hydrogen) atoms. The lowest BCUT2D eigenvalue weighted by Crippen LogP contribution is -1.97. The molecule has 0 aliphatic carbocycles. The van der Waals surface area contributed by atoms with Crippen LogP contribution >= 0.6 is 0 Å². The van der Waals surface area contributed by atoms with Gasteiger partial charge in [0.05, 0.1) is 11.0 Å². The third kappa shape index (κ3) is 4.43. The molecule has 0 N–H and O–H groups in total. The van der Waals surface area contributed by atoms with E-state index in [1.807, 2.05) is 12.1 Å². The molecule has 0 fully saturated rings. The molecular weight excluding hydrogens is 472 g/mol. The Morgan fingerprint density at radius 2 is 0.821 bits per heavy atom. The average Bonchev–Trinajstić information content (AvgIpc) is 3.42. The van der Waals surface area contributed by atoms with Crippen molar-refractivity contribution in [1.29, 1.82) is 0 Å². The van der Waals surface area contributed by atoms with Crippen molar-refractivity contribution in [3.05, 3.63) is 158 Å². The Balaban J connectivity index is 1.41. The smallest absolute Gasteiger partial charge is 0.145 e. The highest BCUT2D eigenvalue weighted by Gasteiger charge is 2.15. The summed E-state index contributed by atoms with van der Waals surface area (Å²) >= 11 is 0. The summed E-state index contributed by atoms with van der Waals surface area (Å²) in [4.78, 5) is 5.09. The van der Waals surface area contributed by atoms with Gasteiger partial charge in [-0.15, -0.1) is 0 Å². The van der Waals surface area contributed by atoms with E-state index in [1.165, 1.54) is 27.8 Å². The van der Waals surface area contributed by atoms with Gasteiger partial charge in [0.25, 0.3) is 0 Å². The lowest BCUT2D eigenvalue weighted by Gasteiger charge is -2.13. The third-order valence-electron chi connectivity index (χ3n) is 7.18. The van der Waals surface area contributed by atoms with Gasteiger partial charge in [0, 0.05) is 11.3 Å². The van der Waals surface area contributed by atoms with Crippen LogP contribution in [0.5, 0.6) is 0 Å². The average molecular weight is 499 g/mol. The molecule has 0 saturated carbocycles. The summed E-state index contributed by atoms with van der Waals surface area (Å²) in [5.74, 6) is 0.937. The minimum Gasteiger partial charge on any atom is -0.292 e. The van der Waals surface area contributed by atoms with E-state index in [0.29, 0.717) is 0 Å². The second kappa shape index (κ2) is 9.92. The second-order valence-electron chi connectivity index (χ2n) is 9.71. The number of nitrogens with zero attached hydrogens (tertiary/aromatic N) is 2. The van der Waals surface area contributed by atoms with Crippen LogP contribution in [0.4, 0.5) is 0 Å². The van der Waals surface area contributed by atoms with E-state index in [4.69, 9.17) is 4.98 Å². The molecule has 0 unspecified atom stereocenters. The highest BCUT2D eigenvalue weighted by atomic mass is 15.1. The summed E-state index contributed by atoms with van der Waals surface area (Å²) in [6.45, 7) is 0. The van der Waals surface area contributed by atoms with Crippen LogP contribution in [0.15, 0.2) is 158 Å². The fourth-order valence-corrected chi connectivity index (χ4v) is 5.28. The lowest BCUT2D eigenvalue weighted by atomic mass is 9.93. The molecule has 0 atom stereocenters. The Morgan fingerprint density at radius 1 is 0.359 bits per heavy atom. The molecule has 0 bridgehead atoms. The zero-order valence-corrected chi connectivity index (χ0v) is 21.4. The minimum atomic E-state index is 0.937. The molecule has 7 rings (SSSR count). The molecule has 0 aliphatic heterocycles. The van der Waals surface area contributed by atoms with Crippen molar-refractivity contribution in [2.24, 2.45) is 0 Å². The number of aromatic nitrogens is 2. The van der Waals surface area contributed by atoms with Crippen molar-refractivity contribution >= 4 is 11.0 Å². The SMILES string of the molecule is c1ccc(-c2cc(-c3ccccc3)cc(-c3cccc(-c4nc5ccccc5n4-c4ccccc4)c3)c2)cc1. The van der Waals surface area contributed by atoms with Crippen LogP contribution < -0.4 is 0 Å². The summed E-state index contributed by atoms with van der Waals surface area (Å²) in [5.41, 5.74) is 11.4. The molecule has 0 radical (unpaired) electrons. The van der Waals surface area contributed by atoms with Crippen molar-refractivity contribution < 1.29 is 0 Å². The predicted octanol–water partition coefficient (Wildman–Crippen LogP) is 9.69. The van der Waals surface area contributed by atoms with Gasteiger partial charge in [0.1, 0.15) is 5.82 Å². The Morgan fingerprint density at radius 3 is 1.46 bits per heavy atom. The normalized spacial score (nSPS) is 11.1. The zero-order chi connectivity index (χ0) is 26.0. The topological polar surface area (TPSA) is 17.8 Å². The molecule has 6 aromatic carbocycles. The van der Waals surface area contributed by atoms with Crippen LogP contribution in [0.2, 0.25) is 0 Å². The van der Waals surface area contributed by atoms with E-state index >= 15 is 0 Å². The molecular formula is C37H26N2. The summed E-state index contributed by atoms with van der Waals surface area (Å²) in [7, 11) is 0. The summed E-state index contributed by atoms with van der Waals surface area (Å²) in [6.07, 6.45) is 0. The summed E-state index contributed by atoms with van der Waals surface area (Å²) in [5, 5.41) is 0. The third-order valence-corrected chi connectivity index (χ3v) is 7.18. The van der Waals surface area contributed by atoms with Gasteiger partial charge in [0.2, 0.25) is 0 Å². The molecule has 2 heteroatoms. The Hall–Kier alpha value is -5.21. The van der Waals surface area contributed by atoms with Gasteiger partial charge in [-0.1, -0.05) is 109 Å². The van der Waals surface area contributed by atoms with Crippen molar-refractivity contribution in [2.75, 3.05) is 0 Å². The quantitative estimate of drug-likeness (QED) is 0.231. The van der Waals surface area contributed by atoms with E-state index in [0.717, 1.165) is 33.7 Å². The molecule has 1 heterocycles. The fourth-order valence-electron chi connectivity index (χ4n) is 5.28. The number of imidazole rings is 1. The van der Waals surface area contributed by atoms with Crippen LogP contribution in [0.25, 0.3) is 61.5 Å². The number of rotatable bonds is 5. The first-order chi connectivity index (χ1) is 19.3. The van der Waals surface area contributed by atoms with Gasteiger partial charge in [-0.05, 0) is 81.9 Å². The second-order valence-corrected chi connectivity index (χ2v) is 9.71. The maximum absolute atomic E-state index is 5.09. The van der Waals surface area contributed by atoms with Gasteiger partial charge in [-0.3, -0.25) is 4.57 Å². The molecule has 0 saturated heterocycles. The van der Waals surface area contributed by atoms with E-state index in [2.05, 4.69) is 150 Å². The Labute approximate surface area is 228 Å². The molecule has 0 spiro atoms. The van der Waals surface area contributed by atoms with Crippen LogP contribution in [-0.2, 0) is 0 Å². The Bertz CT molecular complexity index is 1830. The van der Waals surface area contributed by atoms with Gasteiger partial charge in [-0.25, -0.2) is 4.98 Å². The van der Waals surface area contributed by atoms with E-state index in [-0.39, 0.29) is 0 Å². The van der Waals surface area contributed by atoms with Gasteiger partial charge < -0.3 is 0 Å². The van der Waals surface area contributed by atoms with E-state index in [1.54, 1.807) is 0 Å². The van der Waals surface area contributed by atoms with Gasteiger partial charge in [0.15, 0.2) is 0 Å². The first-order valence-electron chi connectivity index (χ1n) is 13.2. The first kappa shape index (κ1) is 22.9. The van der Waals surface area contributed by atoms with Crippen molar-refractivity contribution in [3.8, 4) is 50.5 Å². The van der Waals surface area contributed by atoms with Crippen molar-refractivity contribution in [3.63, 3.8) is 0 Å². The van der Waals surface area contributed by atoms with Crippen LogP contribution in [-0.4, -0.2) is 9.55 Å². The van der Waals surface area contributed by atoms with Crippen LogP contribution in [0, 0.1) is 0 Å². The summed E-state index contributed by atoms with van der Waals surface area (Å²) < 4.78 is 2.25. The fraction of sp³-hybridized carbons (Fsp3) is 0. The van der Waals surface area contributed by atoms with Gasteiger partial charge >= 0.3 is 0 Å². The highest BCUT2D eigenvalue weighted by Crippen LogP contribution is 2.35. The molecule has 1 aromatic heterocycles. The van der Waals surface area contributed by atoms with E-state index in [9.17, 15) is 0 Å². The molecule has 2 nitrogen and oxygen atoms in total. The monoisotopic (exact) mass is 498 g/mol. The lowest BCUT2D eigenvalue weighted by molar-refractivity contribution is 1.10. The van der Waals surface area contributed by atoms with Crippen molar-refractivity contribution in [1.82, 2.24) is 9.55 Å².